The molecular formula is C68H105N11O16. The lowest BCUT2D eigenvalue weighted by Gasteiger charge is -2.41. The van der Waals surface area contributed by atoms with Crippen LogP contribution in [-0.4, -0.2) is 198 Å². The summed E-state index contributed by atoms with van der Waals surface area (Å²) in [6.45, 7) is 16.7. The fourth-order valence-corrected chi connectivity index (χ4v) is 12.3. The Morgan fingerprint density at radius 3 is 1.89 bits per heavy atom. The minimum Gasteiger partial charge on any atom is -0.480 e. The number of carbonyl (C=O) groups excluding carboxylic acids is 11. The van der Waals surface area contributed by atoms with Gasteiger partial charge in [0.2, 0.25) is 53.2 Å². The second-order valence-corrected chi connectivity index (χ2v) is 26.0. The number of primary amides is 1. The molecule has 2 fully saturated rings. The number of anilines is 1. The molecule has 4 rings (SSSR count). The van der Waals surface area contributed by atoms with Crippen molar-refractivity contribution in [1.29, 1.82) is 0 Å². The van der Waals surface area contributed by atoms with Crippen LogP contribution in [-0.2, 0) is 75.2 Å². The van der Waals surface area contributed by atoms with E-state index in [4.69, 9.17) is 19.9 Å². The molecule has 95 heavy (non-hydrogen) atoms. The van der Waals surface area contributed by atoms with E-state index in [9.17, 15) is 62.6 Å². The monoisotopic (exact) mass is 1330 g/mol. The van der Waals surface area contributed by atoms with Crippen molar-refractivity contribution in [2.75, 3.05) is 53.3 Å². The van der Waals surface area contributed by atoms with Gasteiger partial charge in [-0.2, -0.15) is 0 Å². The van der Waals surface area contributed by atoms with Crippen LogP contribution in [0.2, 0.25) is 0 Å². The second-order valence-electron chi connectivity index (χ2n) is 26.0. The molecule has 27 nitrogen and oxygen atoms in total. The number of amides is 12. The summed E-state index contributed by atoms with van der Waals surface area (Å²) in [5.41, 5.74) is 6.83. The van der Waals surface area contributed by atoms with E-state index in [0.29, 0.717) is 62.9 Å². The first-order valence-electron chi connectivity index (χ1n) is 33.2. The number of hydrogen-bond acceptors (Lipinski definition) is 15. The lowest BCUT2D eigenvalue weighted by molar-refractivity contribution is -0.148. The lowest BCUT2D eigenvalue weighted by Crippen LogP contribution is -2.60. The Labute approximate surface area is 559 Å². The van der Waals surface area contributed by atoms with E-state index in [0.717, 1.165) is 10.5 Å². The van der Waals surface area contributed by atoms with Crippen molar-refractivity contribution in [3.63, 3.8) is 0 Å². The highest BCUT2D eigenvalue weighted by atomic mass is 16.6. The highest BCUT2D eigenvalue weighted by Gasteiger charge is 2.44. The van der Waals surface area contributed by atoms with Gasteiger partial charge in [0.1, 0.15) is 36.8 Å². The van der Waals surface area contributed by atoms with Crippen molar-refractivity contribution in [2.45, 2.75) is 207 Å². The van der Waals surface area contributed by atoms with Gasteiger partial charge in [0, 0.05) is 79.3 Å². The number of likely N-dealkylation sites (N-methyl/N-ethyl adjacent to an activating group) is 2. The number of benzene rings is 2. The van der Waals surface area contributed by atoms with Crippen LogP contribution in [0.3, 0.4) is 0 Å². The quantitative estimate of drug-likeness (QED) is 0.0327. The number of nitrogens with zero attached hydrogens (tertiary/aromatic N) is 4. The number of carboxylic acids is 1. The predicted molar refractivity (Wildman–Crippen MR) is 354 cm³/mol. The summed E-state index contributed by atoms with van der Waals surface area (Å²) in [4.78, 5) is 165. The Kier molecular flexibility index (Phi) is 32.5. The average Bonchev–Trinajstić information content (AvgIpc) is 1.81. The van der Waals surface area contributed by atoms with Crippen molar-refractivity contribution in [2.24, 2.45) is 35.3 Å². The number of methoxy groups -OCH3 is 2. The maximum absolute atomic E-state index is 14.8. The molecule has 0 radical (unpaired) electrons. The van der Waals surface area contributed by atoms with Gasteiger partial charge in [-0.05, 0) is 85.5 Å². The van der Waals surface area contributed by atoms with E-state index in [1.54, 1.807) is 109 Å². The number of unbranched alkanes of at least 4 members (excludes halogenated alkanes) is 2. The Morgan fingerprint density at radius 2 is 1.33 bits per heavy atom. The maximum atomic E-state index is 14.8. The van der Waals surface area contributed by atoms with Crippen LogP contribution < -0.4 is 37.6 Å². The van der Waals surface area contributed by atoms with Crippen molar-refractivity contribution < 1.29 is 76.9 Å². The highest BCUT2D eigenvalue weighted by molar-refractivity contribution is 6.02. The molecule has 27 heteroatoms. The van der Waals surface area contributed by atoms with Crippen LogP contribution in [0.5, 0.6) is 0 Å². The summed E-state index contributed by atoms with van der Waals surface area (Å²) in [7, 11) is 5.97. The summed E-state index contributed by atoms with van der Waals surface area (Å²) in [6, 6.07) is 7.90. The van der Waals surface area contributed by atoms with Crippen LogP contribution >= 0.6 is 0 Å². The molecule has 9 N–H and O–H groups in total. The zero-order valence-electron chi connectivity index (χ0n) is 57.7. The van der Waals surface area contributed by atoms with Crippen molar-refractivity contribution in [3.05, 3.63) is 65.7 Å². The molecule has 2 aromatic rings. The number of rotatable bonds is 39. The van der Waals surface area contributed by atoms with Crippen LogP contribution in [0.1, 0.15) is 150 Å². The average molecular weight is 1330 g/mol. The Morgan fingerprint density at radius 1 is 0.695 bits per heavy atom. The zero-order chi connectivity index (χ0) is 70.8. The largest absolute Gasteiger partial charge is 0.480 e. The fraction of sp³-hybridized carbons (Fsp3) is 0.647. The molecule has 2 aromatic carbocycles. The number of urea groups is 1. The van der Waals surface area contributed by atoms with Crippen molar-refractivity contribution in [1.82, 2.24) is 46.2 Å². The molecule has 0 saturated carbocycles. The number of aliphatic carboxylic acids is 1. The number of carboxylic acid groups (broad SMARTS) is 1. The van der Waals surface area contributed by atoms with Crippen LogP contribution in [0.4, 0.5) is 15.3 Å². The number of carbonyl (C=O) groups is 12. The first-order chi connectivity index (χ1) is 44.9. The van der Waals surface area contributed by atoms with Crippen molar-refractivity contribution >= 4 is 76.9 Å². The molecule has 2 heterocycles. The number of likely N-dealkylation sites (tertiary alicyclic amines) is 2. The standard InChI is InChI=1S/C68H105N11O16/c1-14-43(8)59(51(93-12)38-55(83)78-36-22-26-50(78)60(94-13)44(9)61(84)73-49(66(89)90)37-45-23-17-15-18-24-45)76(10)65(88)57(41(4)5)75-64(87)58(42(6)7)77(11)68(92)95-39-46-28-30-47(31-29-46)71-62(85)48(25-21-34-70-67(69)91)72-63(86)56(40(2)3)74-52(80)27-19-16-20-35-79-53(81)32-33-54(79)82/h15,17-18,23-24,28-31,40-44,48-51,56-60H,14,16,19-22,25-27,32-39H2,1-13H3,(H,71,85)(H,72,86)(H,73,84)(H,74,80)(H,75,87)(H,89,90)(H3,69,70,91)/t43-,44+,48?,49-,50-,51+,56?,57?,58?,59-,60+/m0/s1. The Hall–Kier alpha value is -8.20. The third kappa shape index (κ3) is 23.9. The highest BCUT2D eigenvalue weighted by Crippen LogP contribution is 2.30. The minimum absolute atomic E-state index is 0.0757. The smallest absolute Gasteiger partial charge is 0.410 e. The van der Waals surface area contributed by atoms with Gasteiger partial charge in [0.15, 0.2) is 0 Å². The van der Waals surface area contributed by atoms with Gasteiger partial charge in [0.05, 0.1) is 36.6 Å². The van der Waals surface area contributed by atoms with Gasteiger partial charge in [-0.25, -0.2) is 14.4 Å². The number of nitrogens with one attached hydrogen (secondary N) is 6. The van der Waals surface area contributed by atoms with E-state index >= 15 is 0 Å². The lowest BCUT2D eigenvalue weighted by atomic mass is 9.89. The topological polar surface area (TPSA) is 364 Å². The summed E-state index contributed by atoms with van der Waals surface area (Å²) < 4.78 is 17.7. The number of nitrogens with two attached hydrogens (primary N) is 1. The maximum Gasteiger partial charge on any atom is 0.410 e. The van der Waals surface area contributed by atoms with E-state index < -0.39 is 120 Å². The van der Waals surface area contributed by atoms with E-state index in [-0.39, 0.29) is 93.6 Å². The predicted octanol–water partition coefficient (Wildman–Crippen LogP) is 4.87. The molecule has 0 aliphatic carbocycles. The summed E-state index contributed by atoms with van der Waals surface area (Å²) in [5.74, 6) is -7.34. The number of ether oxygens (including phenoxy) is 3. The van der Waals surface area contributed by atoms with Crippen LogP contribution in [0.25, 0.3) is 0 Å². The second kappa shape index (κ2) is 39.0. The molecule has 2 saturated heterocycles. The SMILES string of the molecule is CC[C@H](C)[C@@H]([C@@H](CC(=O)N1CCC[C@H]1[C@H](OC)[C@@H](C)C(=O)N[C@@H](Cc1ccccc1)C(=O)O)OC)N(C)C(=O)C(NC(=O)C(C(C)C)N(C)C(=O)OCc1ccc(NC(=O)C(CCCNC(N)=O)NC(=O)C(NC(=O)CCCCCN2C(=O)CCC2=O)C(C)C)cc1)C(C)C. The third-order valence-electron chi connectivity index (χ3n) is 17.9. The summed E-state index contributed by atoms with van der Waals surface area (Å²) in [6.07, 6.45) is 1.69. The molecule has 11 atom stereocenters. The van der Waals surface area contributed by atoms with Gasteiger partial charge in [-0.1, -0.05) is 118 Å². The normalized spacial score (nSPS) is 17.1. The Balaban J connectivity index is 1.38. The van der Waals surface area contributed by atoms with Gasteiger partial charge in [-0.3, -0.25) is 53.0 Å². The number of imide groups is 1. The van der Waals surface area contributed by atoms with Gasteiger partial charge in [0.25, 0.3) is 0 Å². The van der Waals surface area contributed by atoms with Crippen molar-refractivity contribution in [3.8, 4) is 0 Å². The molecule has 2 aliphatic heterocycles. The van der Waals surface area contributed by atoms with E-state index in [2.05, 4.69) is 31.9 Å². The van der Waals surface area contributed by atoms with Gasteiger partial charge in [-0.15, -0.1) is 0 Å². The van der Waals surface area contributed by atoms with E-state index in [1.807, 2.05) is 19.9 Å². The van der Waals surface area contributed by atoms with Gasteiger partial charge < -0.3 is 66.8 Å². The molecule has 4 unspecified atom stereocenters. The molecule has 528 valence electrons. The third-order valence-corrected chi connectivity index (χ3v) is 17.9. The molecule has 2 aliphatic rings. The first kappa shape index (κ1) is 79.2. The summed E-state index contributed by atoms with van der Waals surface area (Å²) in [5, 5.41) is 26.4. The van der Waals surface area contributed by atoms with Crippen LogP contribution in [0, 0.1) is 29.6 Å². The van der Waals surface area contributed by atoms with E-state index in [1.165, 1.54) is 31.1 Å². The first-order valence-corrected chi connectivity index (χ1v) is 33.2. The Bertz CT molecular complexity index is 2900. The minimum atomic E-state index is -1.19. The molecule has 12 amide bonds. The molecule has 0 bridgehead atoms. The molecule has 0 spiro atoms. The zero-order valence-corrected chi connectivity index (χ0v) is 57.7. The molecular weight excluding hydrogens is 1230 g/mol. The van der Waals surface area contributed by atoms with Crippen LogP contribution in [0.15, 0.2) is 54.6 Å². The summed E-state index contributed by atoms with van der Waals surface area (Å²) >= 11 is 0. The van der Waals surface area contributed by atoms with Gasteiger partial charge >= 0.3 is 18.1 Å². The fourth-order valence-electron chi connectivity index (χ4n) is 12.3. The number of hydrogen-bond donors (Lipinski definition) is 8. The molecule has 0 aromatic heterocycles.